The van der Waals surface area contributed by atoms with Crippen LogP contribution < -0.4 is 0 Å². The Labute approximate surface area is 97.6 Å². The van der Waals surface area contributed by atoms with Crippen molar-refractivity contribution in [1.29, 1.82) is 0 Å². The van der Waals surface area contributed by atoms with Crippen molar-refractivity contribution in [2.45, 2.75) is 13.8 Å². The Kier molecular flexibility index (Phi) is 2.07. The summed E-state index contributed by atoms with van der Waals surface area (Å²) in [4.78, 5) is 5.64. The molecular formula is C13H11NOS. The molecule has 0 aliphatic carbocycles. The van der Waals surface area contributed by atoms with Gasteiger partial charge in [-0.3, -0.25) is 0 Å². The van der Waals surface area contributed by atoms with Crippen LogP contribution in [0.25, 0.3) is 21.9 Å². The quantitative estimate of drug-likeness (QED) is 0.625. The van der Waals surface area contributed by atoms with E-state index in [1.165, 1.54) is 11.1 Å². The fourth-order valence-corrected chi connectivity index (χ4v) is 2.58. The summed E-state index contributed by atoms with van der Waals surface area (Å²) in [7, 11) is 0. The second-order valence-electron chi connectivity index (χ2n) is 3.92. The highest BCUT2D eigenvalue weighted by molar-refractivity contribution is 7.13. The molecule has 2 nitrogen and oxygen atoms in total. The number of nitrogens with zero attached hydrogens (tertiary/aromatic N) is 1. The molecule has 0 spiro atoms. The van der Waals surface area contributed by atoms with Crippen molar-refractivity contribution < 1.29 is 4.42 Å². The molecule has 80 valence electrons. The highest BCUT2D eigenvalue weighted by Crippen LogP contribution is 2.31. The molecule has 0 saturated carbocycles. The number of fused-ring (bicyclic) bond motifs is 1. The minimum absolute atomic E-state index is 0.730. The third-order valence-electron chi connectivity index (χ3n) is 2.60. The zero-order valence-electron chi connectivity index (χ0n) is 9.15. The van der Waals surface area contributed by atoms with Gasteiger partial charge in [-0.15, -0.1) is 11.3 Å². The van der Waals surface area contributed by atoms with Gasteiger partial charge in [0.1, 0.15) is 5.52 Å². The van der Waals surface area contributed by atoms with E-state index >= 15 is 0 Å². The molecule has 0 atom stereocenters. The van der Waals surface area contributed by atoms with Crippen molar-refractivity contribution in [3.63, 3.8) is 0 Å². The summed E-state index contributed by atoms with van der Waals surface area (Å²) >= 11 is 1.67. The van der Waals surface area contributed by atoms with Crippen molar-refractivity contribution >= 4 is 22.4 Å². The summed E-state index contributed by atoms with van der Waals surface area (Å²) < 4.78 is 5.75. The average Bonchev–Trinajstić information content (AvgIpc) is 2.82. The standard InChI is InChI=1S/C13H11NOS/c1-8-3-4-11-10(7-8)14-13(15-11)12-9(2)5-6-16-12/h3-7H,1-2H3. The summed E-state index contributed by atoms with van der Waals surface area (Å²) in [5.74, 6) is 0.730. The fourth-order valence-electron chi connectivity index (χ4n) is 1.73. The van der Waals surface area contributed by atoms with Gasteiger partial charge in [-0.2, -0.15) is 0 Å². The molecule has 3 aromatic rings. The molecule has 0 fully saturated rings. The molecule has 1 aromatic carbocycles. The van der Waals surface area contributed by atoms with Gasteiger partial charge >= 0.3 is 0 Å². The topological polar surface area (TPSA) is 26.0 Å². The first kappa shape index (κ1) is 9.60. The van der Waals surface area contributed by atoms with E-state index in [9.17, 15) is 0 Å². The normalized spacial score (nSPS) is 11.1. The first-order chi connectivity index (χ1) is 7.74. The van der Waals surface area contributed by atoms with Gasteiger partial charge in [0.05, 0.1) is 4.88 Å². The molecule has 2 aromatic heterocycles. The van der Waals surface area contributed by atoms with Crippen LogP contribution in [0.5, 0.6) is 0 Å². The zero-order chi connectivity index (χ0) is 11.1. The fraction of sp³-hybridized carbons (Fsp3) is 0.154. The summed E-state index contributed by atoms with van der Waals surface area (Å²) in [6, 6.07) is 8.15. The maximum absolute atomic E-state index is 5.75. The average molecular weight is 229 g/mol. The second-order valence-corrected chi connectivity index (χ2v) is 4.84. The molecule has 2 heterocycles. The Morgan fingerprint density at radius 3 is 2.81 bits per heavy atom. The lowest BCUT2D eigenvalue weighted by atomic mass is 10.2. The minimum atomic E-state index is 0.730. The Balaban J connectivity index is 2.23. The van der Waals surface area contributed by atoms with Crippen molar-refractivity contribution in [3.8, 4) is 10.8 Å². The van der Waals surface area contributed by atoms with Gasteiger partial charge in [0.25, 0.3) is 0 Å². The highest BCUT2D eigenvalue weighted by atomic mass is 32.1. The maximum Gasteiger partial charge on any atom is 0.237 e. The van der Waals surface area contributed by atoms with Crippen LogP contribution in [0.15, 0.2) is 34.1 Å². The number of hydrogen-bond acceptors (Lipinski definition) is 3. The van der Waals surface area contributed by atoms with E-state index in [2.05, 4.69) is 30.3 Å². The van der Waals surface area contributed by atoms with Crippen LogP contribution in [0.4, 0.5) is 0 Å². The van der Waals surface area contributed by atoms with Crippen LogP contribution in [0.2, 0.25) is 0 Å². The van der Waals surface area contributed by atoms with Crippen LogP contribution in [-0.4, -0.2) is 4.98 Å². The van der Waals surface area contributed by atoms with Crippen LogP contribution >= 0.6 is 11.3 Å². The van der Waals surface area contributed by atoms with Crippen molar-refractivity contribution in [2.75, 3.05) is 0 Å². The molecule has 0 aliphatic rings. The monoisotopic (exact) mass is 229 g/mol. The Morgan fingerprint density at radius 1 is 1.19 bits per heavy atom. The van der Waals surface area contributed by atoms with Gasteiger partial charge in [-0.05, 0) is 48.6 Å². The molecule has 0 saturated heterocycles. The Hall–Kier alpha value is -1.61. The molecule has 0 radical (unpaired) electrons. The second kappa shape index (κ2) is 3.46. The predicted molar refractivity (Wildman–Crippen MR) is 66.8 cm³/mol. The summed E-state index contributed by atoms with van der Waals surface area (Å²) in [5.41, 5.74) is 4.21. The van der Waals surface area contributed by atoms with Crippen LogP contribution in [0, 0.1) is 13.8 Å². The molecule has 3 heteroatoms. The Bertz CT molecular complexity index is 651. The van der Waals surface area contributed by atoms with Gasteiger partial charge in [-0.1, -0.05) is 6.07 Å². The molecule has 0 N–H and O–H groups in total. The number of oxazole rings is 1. The maximum atomic E-state index is 5.75. The molecule has 0 aliphatic heterocycles. The third kappa shape index (κ3) is 1.44. The molecule has 0 bridgehead atoms. The van der Waals surface area contributed by atoms with Crippen LogP contribution in [-0.2, 0) is 0 Å². The number of rotatable bonds is 1. The van der Waals surface area contributed by atoms with Crippen molar-refractivity contribution in [3.05, 3.63) is 40.8 Å². The van der Waals surface area contributed by atoms with E-state index in [4.69, 9.17) is 4.42 Å². The van der Waals surface area contributed by atoms with E-state index in [1.54, 1.807) is 11.3 Å². The van der Waals surface area contributed by atoms with E-state index in [1.807, 2.05) is 18.2 Å². The van der Waals surface area contributed by atoms with E-state index in [0.717, 1.165) is 21.9 Å². The molecule has 0 amide bonds. The van der Waals surface area contributed by atoms with E-state index < -0.39 is 0 Å². The third-order valence-corrected chi connectivity index (χ3v) is 3.60. The molecular weight excluding hydrogens is 218 g/mol. The van der Waals surface area contributed by atoms with Crippen molar-refractivity contribution in [2.24, 2.45) is 0 Å². The van der Waals surface area contributed by atoms with Crippen molar-refractivity contribution in [1.82, 2.24) is 4.98 Å². The number of thiophene rings is 1. The number of aryl methyl sites for hydroxylation is 2. The lowest BCUT2D eigenvalue weighted by Gasteiger charge is -1.90. The first-order valence-corrected chi connectivity index (χ1v) is 6.03. The molecule has 16 heavy (non-hydrogen) atoms. The van der Waals surface area contributed by atoms with Gasteiger partial charge in [0.2, 0.25) is 5.89 Å². The number of hydrogen-bond donors (Lipinski definition) is 0. The summed E-state index contributed by atoms with van der Waals surface area (Å²) in [6.07, 6.45) is 0. The Morgan fingerprint density at radius 2 is 2.06 bits per heavy atom. The SMILES string of the molecule is Cc1ccc2oc(-c3sccc3C)nc2c1. The summed E-state index contributed by atoms with van der Waals surface area (Å²) in [6.45, 7) is 4.14. The molecule has 3 rings (SSSR count). The lowest BCUT2D eigenvalue weighted by Crippen LogP contribution is -1.74. The van der Waals surface area contributed by atoms with Gasteiger partial charge in [0.15, 0.2) is 5.58 Å². The first-order valence-electron chi connectivity index (χ1n) is 5.16. The highest BCUT2D eigenvalue weighted by Gasteiger charge is 2.11. The van der Waals surface area contributed by atoms with E-state index in [-0.39, 0.29) is 0 Å². The van der Waals surface area contributed by atoms with Gasteiger partial charge in [-0.25, -0.2) is 4.98 Å². The number of aromatic nitrogens is 1. The predicted octanol–water partition coefficient (Wildman–Crippen LogP) is 4.17. The van der Waals surface area contributed by atoms with E-state index in [0.29, 0.717) is 0 Å². The smallest absolute Gasteiger partial charge is 0.237 e. The largest absolute Gasteiger partial charge is 0.435 e. The van der Waals surface area contributed by atoms with Crippen LogP contribution in [0.1, 0.15) is 11.1 Å². The van der Waals surface area contributed by atoms with Gasteiger partial charge < -0.3 is 4.42 Å². The zero-order valence-corrected chi connectivity index (χ0v) is 9.97. The number of benzene rings is 1. The molecule has 0 unspecified atom stereocenters. The summed E-state index contributed by atoms with van der Waals surface area (Å²) in [5, 5.41) is 2.06. The minimum Gasteiger partial charge on any atom is -0.435 e. The lowest BCUT2D eigenvalue weighted by molar-refractivity contribution is 0.621. The van der Waals surface area contributed by atoms with Gasteiger partial charge in [0, 0.05) is 0 Å². The van der Waals surface area contributed by atoms with Crippen LogP contribution in [0.3, 0.4) is 0 Å².